The molecular weight excluding hydrogens is 365 g/mol. The molecule has 6 heteroatoms. The molecule has 0 aliphatic heterocycles. The van der Waals surface area contributed by atoms with Gasteiger partial charge in [-0.15, -0.1) is 0 Å². The van der Waals surface area contributed by atoms with E-state index in [-0.39, 0.29) is 19.0 Å². The van der Waals surface area contributed by atoms with Crippen LogP contribution in [-0.4, -0.2) is 12.4 Å². The minimum atomic E-state index is -3.78. The topological polar surface area (TPSA) is 56.1 Å². The van der Waals surface area contributed by atoms with Gasteiger partial charge < -0.3 is 0 Å². The van der Waals surface area contributed by atoms with Crippen molar-refractivity contribution in [1.29, 1.82) is 0 Å². The summed E-state index contributed by atoms with van der Waals surface area (Å²) in [6, 6.07) is 16.1. The molecule has 0 spiro atoms. The Morgan fingerprint density at radius 1 is 1.08 bits per heavy atom. The van der Waals surface area contributed by atoms with Gasteiger partial charge in [0.1, 0.15) is 0 Å². The van der Waals surface area contributed by atoms with Gasteiger partial charge in [0, 0.05) is 5.39 Å². The van der Waals surface area contributed by atoms with E-state index in [1.54, 1.807) is 30.3 Å². The van der Waals surface area contributed by atoms with Crippen molar-refractivity contribution in [2.75, 3.05) is 0 Å². The first-order chi connectivity index (χ1) is 12.5. The Labute approximate surface area is 156 Å². The Balaban J connectivity index is 2.24. The summed E-state index contributed by atoms with van der Waals surface area (Å²) in [4.78, 5) is 0.238. The molecule has 4 nitrogen and oxygen atoms in total. The molecule has 0 saturated carbocycles. The summed E-state index contributed by atoms with van der Waals surface area (Å²) in [5, 5.41) is 0.836. The predicted octanol–water partition coefficient (Wildman–Crippen LogP) is 5.71. The Kier molecular flexibility index (Phi) is 5.59. The number of hydrogen-bond acceptors (Lipinski definition) is 3. The van der Waals surface area contributed by atoms with Crippen molar-refractivity contribution in [3.8, 4) is 0 Å². The van der Waals surface area contributed by atoms with Crippen molar-refractivity contribution in [3.63, 3.8) is 0 Å². The first kappa shape index (κ1) is 18.8. The van der Waals surface area contributed by atoms with Crippen LogP contribution < -0.4 is 0 Å². The van der Waals surface area contributed by atoms with E-state index in [9.17, 15) is 13.0 Å². The third-order valence-electron chi connectivity index (χ3n) is 4.55. The fourth-order valence-electron chi connectivity index (χ4n) is 3.12. The van der Waals surface area contributed by atoms with E-state index < -0.39 is 10.0 Å². The zero-order chi connectivity index (χ0) is 18.7. The maximum absolute atomic E-state index is 13.4. The first-order valence-electron chi connectivity index (χ1n) is 8.74. The van der Waals surface area contributed by atoms with Gasteiger partial charge in [-0.3, -0.25) is 4.57 Å². The SMILES string of the molecule is CCCCC(P=O)c1cc2ccccc2n1S(=O)(=O)c1ccc(C)cc1. The highest BCUT2D eigenvalue weighted by atomic mass is 32.2. The number of benzene rings is 2. The summed E-state index contributed by atoms with van der Waals surface area (Å²) in [6.45, 7) is 3.99. The fraction of sp³-hybridized carbons (Fsp3) is 0.300. The molecule has 1 heterocycles. The van der Waals surface area contributed by atoms with Gasteiger partial charge in [0.15, 0.2) is 8.46 Å². The van der Waals surface area contributed by atoms with Gasteiger partial charge >= 0.3 is 0 Å². The molecule has 136 valence electrons. The van der Waals surface area contributed by atoms with E-state index in [2.05, 4.69) is 6.92 Å². The van der Waals surface area contributed by atoms with E-state index in [1.165, 1.54) is 3.97 Å². The van der Waals surface area contributed by atoms with Crippen molar-refractivity contribution in [1.82, 2.24) is 3.97 Å². The van der Waals surface area contributed by atoms with E-state index >= 15 is 0 Å². The summed E-state index contributed by atoms with van der Waals surface area (Å²) < 4.78 is 40.0. The van der Waals surface area contributed by atoms with Crippen molar-refractivity contribution in [2.45, 2.75) is 43.7 Å². The normalized spacial score (nSPS) is 13.3. The molecule has 0 amide bonds. The van der Waals surface area contributed by atoms with Crippen molar-refractivity contribution in [3.05, 3.63) is 65.9 Å². The second kappa shape index (κ2) is 7.73. The summed E-state index contributed by atoms with van der Waals surface area (Å²) in [6.07, 6.45) is 2.55. The Morgan fingerprint density at radius 3 is 2.42 bits per heavy atom. The lowest BCUT2D eigenvalue weighted by Gasteiger charge is -2.15. The molecule has 0 aliphatic rings. The van der Waals surface area contributed by atoms with Gasteiger partial charge in [-0.1, -0.05) is 55.7 Å². The molecular formula is C20H22NO3PS. The fourth-order valence-corrected chi connectivity index (χ4v) is 5.36. The first-order valence-corrected chi connectivity index (χ1v) is 11.1. The van der Waals surface area contributed by atoms with Crippen LogP contribution in [0.15, 0.2) is 59.5 Å². The molecule has 0 N–H and O–H groups in total. The predicted molar refractivity (Wildman–Crippen MR) is 106 cm³/mol. The lowest BCUT2D eigenvalue weighted by molar-refractivity contribution is 0.575. The average Bonchev–Trinajstić information content (AvgIpc) is 3.03. The molecule has 1 aromatic heterocycles. The number of hydrogen-bond donors (Lipinski definition) is 0. The van der Waals surface area contributed by atoms with Gasteiger partial charge in [-0.05, 0) is 37.6 Å². The van der Waals surface area contributed by atoms with Gasteiger partial charge in [-0.25, -0.2) is 12.4 Å². The van der Waals surface area contributed by atoms with Crippen molar-refractivity contribution >= 4 is 29.4 Å². The van der Waals surface area contributed by atoms with Gasteiger partial charge in [0.05, 0.1) is 21.8 Å². The highest BCUT2D eigenvalue weighted by Crippen LogP contribution is 2.37. The molecule has 0 bridgehead atoms. The molecule has 0 radical (unpaired) electrons. The molecule has 0 saturated heterocycles. The molecule has 0 aliphatic carbocycles. The molecule has 26 heavy (non-hydrogen) atoms. The number of para-hydroxylation sites is 1. The average molecular weight is 387 g/mol. The zero-order valence-electron chi connectivity index (χ0n) is 14.9. The van der Waals surface area contributed by atoms with E-state index in [0.29, 0.717) is 17.6 Å². The quantitative estimate of drug-likeness (QED) is 0.488. The number of unbranched alkanes of at least 4 members (excludes halogenated alkanes) is 1. The highest BCUT2D eigenvalue weighted by Gasteiger charge is 2.27. The monoisotopic (exact) mass is 387 g/mol. The highest BCUT2D eigenvalue weighted by molar-refractivity contribution is 7.90. The van der Waals surface area contributed by atoms with Gasteiger partial charge in [0.25, 0.3) is 10.0 Å². The van der Waals surface area contributed by atoms with E-state index in [0.717, 1.165) is 23.8 Å². The van der Waals surface area contributed by atoms with E-state index in [4.69, 9.17) is 0 Å². The lowest BCUT2D eigenvalue weighted by Crippen LogP contribution is -2.16. The minimum Gasteiger partial charge on any atom is -0.274 e. The third kappa shape index (κ3) is 3.46. The van der Waals surface area contributed by atoms with Crippen molar-refractivity contribution < 1.29 is 13.0 Å². The van der Waals surface area contributed by atoms with Crippen LogP contribution >= 0.6 is 8.46 Å². The summed E-state index contributed by atoms with van der Waals surface area (Å²) in [7, 11) is -3.83. The number of nitrogens with zero attached hydrogens (tertiary/aromatic N) is 1. The number of aryl methyl sites for hydroxylation is 1. The van der Waals surface area contributed by atoms with Crippen LogP contribution in [-0.2, 0) is 14.6 Å². The van der Waals surface area contributed by atoms with Crippen LogP contribution in [0.1, 0.15) is 43.1 Å². The summed E-state index contributed by atoms with van der Waals surface area (Å²) in [5.41, 5.74) is 1.85. The standard InChI is InChI=1S/C20H22NO3PS/c1-3-4-9-20(25-22)19-14-16-7-5-6-8-18(16)21(19)26(23,24)17-12-10-15(2)11-13-17/h5-8,10-14,20H,3-4,9H2,1-2H3. The van der Waals surface area contributed by atoms with Crippen LogP contribution in [0.3, 0.4) is 0 Å². The summed E-state index contributed by atoms with van der Waals surface area (Å²) in [5.74, 6) is 0. The molecule has 3 rings (SSSR count). The lowest BCUT2D eigenvalue weighted by atomic mass is 10.1. The molecule has 1 unspecified atom stereocenters. The third-order valence-corrected chi connectivity index (χ3v) is 7.09. The summed E-state index contributed by atoms with van der Waals surface area (Å²) >= 11 is 0. The van der Waals surface area contributed by atoms with Crippen LogP contribution in [0.2, 0.25) is 0 Å². The molecule has 2 aromatic carbocycles. The largest absolute Gasteiger partial charge is 0.274 e. The van der Waals surface area contributed by atoms with E-state index in [1.807, 2.05) is 31.2 Å². The molecule has 3 aromatic rings. The molecule has 0 fully saturated rings. The van der Waals surface area contributed by atoms with Gasteiger partial charge in [0.2, 0.25) is 0 Å². The minimum absolute atomic E-state index is 0.0562. The molecule has 1 atom stereocenters. The second-order valence-electron chi connectivity index (χ2n) is 6.47. The van der Waals surface area contributed by atoms with Crippen LogP contribution in [0.4, 0.5) is 0 Å². The Bertz CT molecular complexity index is 1020. The Morgan fingerprint density at radius 2 is 1.77 bits per heavy atom. The second-order valence-corrected chi connectivity index (χ2v) is 9.09. The smallest absolute Gasteiger partial charge is 0.268 e. The van der Waals surface area contributed by atoms with Crippen LogP contribution in [0.25, 0.3) is 10.9 Å². The van der Waals surface area contributed by atoms with Crippen molar-refractivity contribution in [2.24, 2.45) is 0 Å². The maximum Gasteiger partial charge on any atom is 0.268 e. The number of aromatic nitrogens is 1. The number of rotatable bonds is 7. The maximum atomic E-state index is 13.4. The van der Waals surface area contributed by atoms with Gasteiger partial charge in [-0.2, -0.15) is 0 Å². The van der Waals surface area contributed by atoms with Crippen LogP contribution in [0.5, 0.6) is 0 Å². The van der Waals surface area contributed by atoms with Crippen LogP contribution in [0, 0.1) is 6.92 Å². The number of fused-ring (bicyclic) bond motifs is 1. The Hall–Kier alpha value is -1.97. The zero-order valence-corrected chi connectivity index (χ0v) is 16.6.